The summed E-state index contributed by atoms with van der Waals surface area (Å²) in [5.41, 5.74) is 2.19. The lowest BCUT2D eigenvalue weighted by atomic mass is 9.61. The van der Waals surface area contributed by atoms with Gasteiger partial charge in [0.25, 0.3) is 0 Å². The van der Waals surface area contributed by atoms with Gasteiger partial charge in [-0.05, 0) is 31.1 Å². The molecule has 6 aliphatic rings. The summed E-state index contributed by atoms with van der Waals surface area (Å²) in [4.78, 5) is 28.4. The molecular weight excluding hydrogens is 392 g/mol. The van der Waals surface area contributed by atoms with Crippen LogP contribution in [0.2, 0.25) is 0 Å². The molecule has 31 heavy (non-hydrogen) atoms. The Kier molecular flexibility index (Phi) is 4.12. The van der Waals surface area contributed by atoms with Gasteiger partial charge in [-0.1, -0.05) is 33.1 Å². The fourth-order valence-electron chi connectivity index (χ4n) is 6.97. The zero-order valence-corrected chi connectivity index (χ0v) is 18.6. The van der Waals surface area contributed by atoms with Gasteiger partial charge in [-0.25, -0.2) is 0 Å². The maximum absolute atomic E-state index is 13.4. The number of Topliss-reactive ketones (excluding diaryl/α,β-unsaturated/α-hetero) is 1. The summed E-state index contributed by atoms with van der Waals surface area (Å²) >= 11 is 0. The molecule has 6 rings (SSSR count). The van der Waals surface area contributed by atoms with Crippen LogP contribution in [0.3, 0.4) is 0 Å². The first kappa shape index (κ1) is 19.6. The molecular formula is C24H32N4O3. The SMILES string of the molecule is CC1(C)CC(=O)C2=C(C1)NC1=C(CN=N1)C21COC2(CN(C(=O)C3CCCCC3)C2)C1. The molecule has 0 bridgehead atoms. The van der Waals surface area contributed by atoms with Gasteiger partial charge in [-0.3, -0.25) is 9.59 Å². The van der Waals surface area contributed by atoms with Crippen LogP contribution in [0, 0.1) is 16.7 Å². The highest BCUT2D eigenvalue weighted by atomic mass is 16.5. The predicted molar refractivity (Wildman–Crippen MR) is 114 cm³/mol. The van der Waals surface area contributed by atoms with Crippen molar-refractivity contribution in [2.24, 2.45) is 27.0 Å². The zero-order valence-electron chi connectivity index (χ0n) is 18.6. The molecule has 7 heteroatoms. The lowest BCUT2D eigenvalue weighted by molar-refractivity contribution is -0.162. The number of hydrogen-bond acceptors (Lipinski definition) is 6. The summed E-state index contributed by atoms with van der Waals surface area (Å²) in [7, 11) is 0. The number of hydrogen-bond donors (Lipinski definition) is 1. The number of carbonyl (C=O) groups excluding carboxylic acids is 2. The lowest BCUT2D eigenvalue weighted by Crippen LogP contribution is -2.64. The monoisotopic (exact) mass is 424 g/mol. The third kappa shape index (κ3) is 2.88. The molecule has 0 radical (unpaired) electrons. The number of ketones is 1. The zero-order chi connectivity index (χ0) is 21.4. The van der Waals surface area contributed by atoms with E-state index < -0.39 is 5.41 Å². The molecule has 2 aliphatic carbocycles. The molecule has 3 fully saturated rings. The number of carbonyl (C=O) groups is 2. The van der Waals surface area contributed by atoms with Gasteiger partial charge in [0, 0.05) is 29.2 Å². The minimum atomic E-state index is -0.438. The number of likely N-dealkylation sites (tertiary alicyclic amines) is 1. The van der Waals surface area contributed by atoms with Crippen molar-refractivity contribution in [3.8, 4) is 0 Å². The van der Waals surface area contributed by atoms with Crippen molar-refractivity contribution in [1.29, 1.82) is 0 Å². The standard InChI is InChI=1S/C24H32N4O3/c1-22(2)8-17-19(18(29)9-22)24(16-10-25-27-20(16)26-17)11-23(31-14-24)12-28(13-23)21(30)15-6-4-3-5-7-15/h15,26H,3-14H2,1-2H3. The highest BCUT2D eigenvalue weighted by Crippen LogP contribution is 2.58. The van der Waals surface area contributed by atoms with E-state index in [9.17, 15) is 9.59 Å². The van der Waals surface area contributed by atoms with Crippen molar-refractivity contribution < 1.29 is 14.3 Å². The fourth-order valence-corrected chi connectivity index (χ4v) is 6.97. The number of dihydropyridines is 1. The van der Waals surface area contributed by atoms with Crippen LogP contribution in [0.15, 0.2) is 32.9 Å². The summed E-state index contributed by atoms with van der Waals surface area (Å²) < 4.78 is 6.47. The molecule has 2 saturated heterocycles. The van der Waals surface area contributed by atoms with Gasteiger partial charge in [0.1, 0.15) is 5.60 Å². The lowest BCUT2D eigenvalue weighted by Gasteiger charge is -2.49. The molecule has 1 N–H and O–H groups in total. The van der Waals surface area contributed by atoms with Crippen LogP contribution < -0.4 is 5.32 Å². The third-order valence-corrected chi connectivity index (χ3v) is 8.36. The first-order valence-electron chi connectivity index (χ1n) is 11.9. The Morgan fingerprint density at radius 2 is 1.94 bits per heavy atom. The Balaban J connectivity index is 1.27. The van der Waals surface area contributed by atoms with E-state index in [2.05, 4.69) is 29.4 Å². The minimum Gasteiger partial charge on any atom is -0.370 e. The van der Waals surface area contributed by atoms with E-state index in [1.54, 1.807) is 0 Å². The summed E-state index contributed by atoms with van der Waals surface area (Å²) in [5.74, 6) is 1.55. The largest absolute Gasteiger partial charge is 0.370 e. The van der Waals surface area contributed by atoms with Crippen molar-refractivity contribution in [2.75, 3.05) is 26.2 Å². The van der Waals surface area contributed by atoms with Crippen molar-refractivity contribution in [1.82, 2.24) is 10.2 Å². The molecule has 2 spiro atoms. The molecule has 0 aromatic heterocycles. The molecule has 1 amide bonds. The average Bonchev–Trinajstić information content (AvgIpc) is 3.32. The first-order valence-corrected chi connectivity index (χ1v) is 11.9. The second kappa shape index (κ2) is 6.50. The van der Waals surface area contributed by atoms with Gasteiger partial charge < -0.3 is 15.0 Å². The number of ether oxygens (including phenoxy) is 1. The Morgan fingerprint density at radius 3 is 2.71 bits per heavy atom. The van der Waals surface area contributed by atoms with E-state index in [1.165, 1.54) is 19.3 Å². The highest BCUT2D eigenvalue weighted by Gasteiger charge is 2.63. The van der Waals surface area contributed by atoms with Crippen LogP contribution >= 0.6 is 0 Å². The number of allylic oxidation sites excluding steroid dienone is 1. The minimum absolute atomic E-state index is 0.0608. The second-order valence-corrected chi connectivity index (χ2v) is 11.4. The fraction of sp³-hybridized carbons (Fsp3) is 0.750. The summed E-state index contributed by atoms with van der Waals surface area (Å²) in [6.07, 6.45) is 7.79. The second-order valence-electron chi connectivity index (χ2n) is 11.4. The van der Waals surface area contributed by atoms with Crippen molar-refractivity contribution >= 4 is 11.7 Å². The maximum atomic E-state index is 13.4. The molecule has 1 atom stereocenters. The van der Waals surface area contributed by atoms with E-state index in [0.717, 1.165) is 48.3 Å². The van der Waals surface area contributed by atoms with Gasteiger partial charge >= 0.3 is 0 Å². The van der Waals surface area contributed by atoms with Gasteiger partial charge in [0.15, 0.2) is 11.6 Å². The molecule has 166 valence electrons. The van der Waals surface area contributed by atoms with Crippen molar-refractivity contribution in [3.63, 3.8) is 0 Å². The van der Waals surface area contributed by atoms with Gasteiger partial charge in [-0.15, -0.1) is 5.11 Å². The van der Waals surface area contributed by atoms with Gasteiger partial charge in [-0.2, -0.15) is 5.11 Å². The predicted octanol–water partition coefficient (Wildman–Crippen LogP) is 3.48. The van der Waals surface area contributed by atoms with Crippen LogP contribution in [0.25, 0.3) is 0 Å². The van der Waals surface area contributed by atoms with E-state index in [4.69, 9.17) is 4.74 Å². The summed E-state index contributed by atoms with van der Waals surface area (Å²) in [5, 5.41) is 12.1. The van der Waals surface area contributed by atoms with E-state index in [1.807, 2.05) is 4.90 Å². The normalized spacial score (nSPS) is 33.6. The molecule has 1 unspecified atom stereocenters. The smallest absolute Gasteiger partial charge is 0.225 e. The molecule has 4 aliphatic heterocycles. The average molecular weight is 425 g/mol. The van der Waals surface area contributed by atoms with Gasteiger partial charge in [0.2, 0.25) is 5.91 Å². The van der Waals surface area contributed by atoms with E-state index in [-0.39, 0.29) is 22.7 Å². The maximum Gasteiger partial charge on any atom is 0.225 e. The van der Waals surface area contributed by atoms with Crippen molar-refractivity contribution in [3.05, 3.63) is 22.7 Å². The van der Waals surface area contributed by atoms with E-state index in [0.29, 0.717) is 38.6 Å². The number of rotatable bonds is 1. The quantitative estimate of drug-likeness (QED) is 0.699. The molecule has 7 nitrogen and oxygen atoms in total. The Morgan fingerprint density at radius 1 is 1.16 bits per heavy atom. The third-order valence-electron chi connectivity index (χ3n) is 8.36. The van der Waals surface area contributed by atoms with Crippen LogP contribution in [0.4, 0.5) is 0 Å². The molecule has 1 saturated carbocycles. The Labute approximate surface area is 183 Å². The number of nitrogens with one attached hydrogen (secondary N) is 1. The summed E-state index contributed by atoms with van der Waals surface area (Å²) in [6.45, 7) is 6.62. The van der Waals surface area contributed by atoms with Crippen LogP contribution in [0.5, 0.6) is 0 Å². The van der Waals surface area contributed by atoms with E-state index >= 15 is 0 Å². The summed E-state index contributed by atoms with van der Waals surface area (Å²) in [6, 6.07) is 0. The number of amides is 1. The van der Waals surface area contributed by atoms with Crippen LogP contribution in [-0.4, -0.2) is 48.4 Å². The number of nitrogens with zero attached hydrogens (tertiary/aromatic N) is 3. The Bertz CT molecular complexity index is 950. The van der Waals surface area contributed by atoms with Crippen LogP contribution in [0.1, 0.15) is 65.2 Å². The Hall–Kier alpha value is -2.02. The molecule has 4 heterocycles. The molecule has 0 aromatic rings. The number of fused-ring (bicyclic) bond motifs is 2. The highest BCUT2D eigenvalue weighted by molar-refractivity contribution is 6.00. The molecule has 0 aromatic carbocycles. The van der Waals surface area contributed by atoms with Gasteiger partial charge in [0.05, 0.1) is 31.7 Å². The topological polar surface area (TPSA) is 83.4 Å². The van der Waals surface area contributed by atoms with Crippen molar-refractivity contribution in [2.45, 2.75) is 70.8 Å². The number of azo groups is 1. The van der Waals surface area contributed by atoms with Crippen LogP contribution in [-0.2, 0) is 14.3 Å². The first-order chi connectivity index (χ1) is 14.8.